The van der Waals surface area contributed by atoms with Gasteiger partial charge < -0.3 is 5.32 Å². The Morgan fingerprint density at radius 3 is 2.64 bits per heavy atom. The van der Waals surface area contributed by atoms with E-state index in [0.717, 1.165) is 19.3 Å². The smallest absolute Gasteiger partial charge is 0.102 e. The predicted molar refractivity (Wildman–Crippen MR) is 59.2 cm³/mol. The number of halogens is 1. The summed E-state index contributed by atoms with van der Waals surface area (Å²) in [6, 6.07) is 0.497. The second-order valence-corrected chi connectivity index (χ2v) is 5.09. The number of hydrogen-bond acceptors (Lipinski definition) is 1. The second kappa shape index (κ2) is 4.92. The molecule has 1 N–H and O–H groups in total. The summed E-state index contributed by atoms with van der Waals surface area (Å²) < 4.78 is 11.9. The number of nitrogens with one attached hydrogen (secondary N) is 1. The summed E-state index contributed by atoms with van der Waals surface area (Å²) in [4.78, 5) is 0. The van der Waals surface area contributed by atoms with E-state index in [2.05, 4.69) is 32.2 Å². The van der Waals surface area contributed by atoms with Crippen molar-refractivity contribution in [1.29, 1.82) is 0 Å². The minimum Gasteiger partial charge on any atom is -0.311 e. The van der Waals surface area contributed by atoms with Gasteiger partial charge in [0, 0.05) is 12.6 Å². The molecule has 0 fully saturated rings. The van der Waals surface area contributed by atoms with E-state index < -0.39 is 0 Å². The highest BCUT2D eigenvalue weighted by atomic mass is 19.1. The molecule has 0 aromatic rings. The van der Waals surface area contributed by atoms with Gasteiger partial charge in [-0.25, -0.2) is 4.39 Å². The summed E-state index contributed by atoms with van der Waals surface area (Å²) in [6.45, 7) is 7.02. The Bertz CT molecular complexity index is 203. The van der Waals surface area contributed by atoms with Crippen LogP contribution in [0.1, 0.15) is 40.0 Å². The Balaban J connectivity index is 2.39. The van der Waals surface area contributed by atoms with E-state index in [1.165, 1.54) is 0 Å². The zero-order valence-electron chi connectivity index (χ0n) is 9.57. The molecule has 1 aliphatic carbocycles. The van der Waals surface area contributed by atoms with Crippen LogP contribution < -0.4 is 5.32 Å². The van der Waals surface area contributed by atoms with Crippen molar-refractivity contribution >= 4 is 0 Å². The van der Waals surface area contributed by atoms with Crippen LogP contribution in [0.4, 0.5) is 4.39 Å². The van der Waals surface area contributed by atoms with Crippen molar-refractivity contribution < 1.29 is 4.39 Å². The molecule has 0 aliphatic heterocycles. The highest BCUT2D eigenvalue weighted by Crippen LogP contribution is 2.32. The quantitative estimate of drug-likeness (QED) is 0.689. The molecular weight excluding hydrogens is 177 g/mol. The lowest BCUT2D eigenvalue weighted by molar-refractivity contribution is 0.386. The number of alkyl halides is 1. The van der Waals surface area contributed by atoms with Crippen LogP contribution in [0.5, 0.6) is 0 Å². The van der Waals surface area contributed by atoms with Crippen LogP contribution in [-0.2, 0) is 0 Å². The van der Waals surface area contributed by atoms with Crippen LogP contribution in [0.2, 0.25) is 0 Å². The minimum absolute atomic E-state index is 0.258. The normalized spacial score (nSPS) is 23.4. The van der Waals surface area contributed by atoms with Gasteiger partial charge in [0.05, 0.1) is 0 Å². The van der Waals surface area contributed by atoms with Crippen LogP contribution in [0.15, 0.2) is 11.6 Å². The molecule has 0 radical (unpaired) electrons. The monoisotopic (exact) mass is 199 g/mol. The molecule has 0 aromatic carbocycles. The lowest BCUT2D eigenvalue weighted by Crippen LogP contribution is -2.33. The van der Waals surface area contributed by atoms with Gasteiger partial charge in [0.2, 0.25) is 0 Å². The molecular formula is C12H22FN. The molecule has 0 heterocycles. The Morgan fingerprint density at radius 1 is 1.50 bits per heavy atom. The van der Waals surface area contributed by atoms with Crippen molar-refractivity contribution in [3.05, 3.63) is 11.6 Å². The van der Waals surface area contributed by atoms with Gasteiger partial charge in [0.1, 0.15) is 6.67 Å². The van der Waals surface area contributed by atoms with E-state index in [9.17, 15) is 4.39 Å². The first-order chi connectivity index (χ1) is 6.54. The number of rotatable bonds is 3. The fourth-order valence-electron chi connectivity index (χ4n) is 1.96. The molecule has 1 rings (SSSR count). The van der Waals surface area contributed by atoms with Gasteiger partial charge in [-0.1, -0.05) is 32.4 Å². The summed E-state index contributed by atoms with van der Waals surface area (Å²) in [5.74, 6) is 0. The van der Waals surface area contributed by atoms with E-state index in [1.54, 1.807) is 5.57 Å². The second-order valence-electron chi connectivity index (χ2n) is 5.09. The first-order valence-corrected chi connectivity index (χ1v) is 5.53. The van der Waals surface area contributed by atoms with Crippen LogP contribution in [-0.4, -0.2) is 19.3 Å². The third-order valence-corrected chi connectivity index (χ3v) is 2.90. The van der Waals surface area contributed by atoms with Crippen LogP contribution in [0.3, 0.4) is 0 Å². The Labute approximate surface area is 86.8 Å². The summed E-state index contributed by atoms with van der Waals surface area (Å²) in [7, 11) is 0. The Morgan fingerprint density at radius 2 is 2.21 bits per heavy atom. The molecule has 1 atom stereocenters. The van der Waals surface area contributed by atoms with Crippen molar-refractivity contribution in [3.63, 3.8) is 0 Å². The van der Waals surface area contributed by atoms with Crippen molar-refractivity contribution in [2.45, 2.75) is 46.1 Å². The third kappa shape index (κ3) is 3.41. The fraction of sp³-hybridized carbons (Fsp3) is 0.833. The van der Waals surface area contributed by atoms with E-state index in [1.807, 2.05) is 0 Å². The SMILES string of the molecule is CC(C)(C)C1=CCC(NCCF)CC1. The maximum absolute atomic E-state index is 11.9. The first-order valence-electron chi connectivity index (χ1n) is 5.53. The minimum atomic E-state index is -0.258. The van der Waals surface area contributed by atoms with Crippen molar-refractivity contribution in [2.24, 2.45) is 5.41 Å². The standard InChI is InChI=1S/C12H22FN/c1-12(2,3)10-4-6-11(7-5-10)14-9-8-13/h4,11,14H,5-9H2,1-3H3. The topological polar surface area (TPSA) is 12.0 Å². The van der Waals surface area contributed by atoms with E-state index >= 15 is 0 Å². The zero-order chi connectivity index (χ0) is 10.6. The molecule has 0 amide bonds. The number of allylic oxidation sites excluding steroid dienone is 1. The lowest BCUT2D eigenvalue weighted by Gasteiger charge is -2.30. The highest BCUT2D eigenvalue weighted by molar-refractivity contribution is 5.14. The molecule has 0 saturated heterocycles. The first kappa shape index (κ1) is 11.7. The third-order valence-electron chi connectivity index (χ3n) is 2.90. The molecule has 14 heavy (non-hydrogen) atoms. The van der Waals surface area contributed by atoms with E-state index in [4.69, 9.17) is 0 Å². The molecule has 0 saturated carbocycles. The largest absolute Gasteiger partial charge is 0.311 e. The fourth-order valence-corrected chi connectivity index (χ4v) is 1.96. The van der Waals surface area contributed by atoms with Crippen LogP contribution in [0.25, 0.3) is 0 Å². The average molecular weight is 199 g/mol. The van der Waals surface area contributed by atoms with Crippen LogP contribution in [0, 0.1) is 5.41 Å². The summed E-state index contributed by atoms with van der Waals surface area (Å²) in [6.07, 6.45) is 5.71. The molecule has 0 bridgehead atoms. The Hall–Kier alpha value is -0.370. The summed E-state index contributed by atoms with van der Waals surface area (Å²) in [5.41, 5.74) is 1.86. The van der Waals surface area contributed by atoms with Gasteiger partial charge in [-0.15, -0.1) is 0 Å². The lowest BCUT2D eigenvalue weighted by atomic mass is 9.79. The molecule has 0 aromatic heterocycles. The van der Waals surface area contributed by atoms with Gasteiger partial charge >= 0.3 is 0 Å². The number of hydrogen-bond donors (Lipinski definition) is 1. The zero-order valence-corrected chi connectivity index (χ0v) is 9.57. The van der Waals surface area contributed by atoms with Crippen molar-refractivity contribution in [2.75, 3.05) is 13.2 Å². The maximum atomic E-state index is 11.9. The van der Waals surface area contributed by atoms with Crippen molar-refractivity contribution in [1.82, 2.24) is 5.32 Å². The van der Waals surface area contributed by atoms with Crippen molar-refractivity contribution in [3.8, 4) is 0 Å². The molecule has 0 spiro atoms. The van der Waals surface area contributed by atoms with Gasteiger partial charge in [0.25, 0.3) is 0 Å². The molecule has 82 valence electrons. The summed E-state index contributed by atoms with van der Waals surface area (Å²) in [5, 5.41) is 3.22. The molecule has 2 heteroatoms. The molecule has 1 aliphatic rings. The predicted octanol–water partition coefficient (Wildman–Crippen LogP) is 3.07. The highest BCUT2D eigenvalue weighted by Gasteiger charge is 2.21. The van der Waals surface area contributed by atoms with Gasteiger partial charge in [0.15, 0.2) is 0 Å². The molecule has 1 unspecified atom stereocenters. The van der Waals surface area contributed by atoms with E-state index in [-0.39, 0.29) is 6.67 Å². The summed E-state index contributed by atoms with van der Waals surface area (Å²) >= 11 is 0. The van der Waals surface area contributed by atoms with E-state index in [0.29, 0.717) is 18.0 Å². The molecule has 1 nitrogen and oxygen atoms in total. The van der Waals surface area contributed by atoms with Crippen LogP contribution >= 0.6 is 0 Å². The van der Waals surface area contributed by atoms with Gasteiger partial charge in [-0.05, 0) is 24.7 Å². The van der Waals surface area contributed by atoms with Gasteiger partial charge in [-0.3, -0.25) is 0 Å². The average Bonchev–Trinajstić information content (AvgIpc) is 2.14. The Kier molecular flexibility index (Phi) is 4.11. The maximum Gasteiger partial charge on any atom is 0.102 e. The van der Waals surface area contributed by atoms with Gasteiger partial charge in [-0.2, -0.15) is 0 Å².